The van der Waals surface area contributed by atoms with Crippen LogP contribution in [0, 0.1) is 13.8 Å². The lowest BCUT2D eigenvalue weighted by Gasteiger charge is -2.17. The molecule has 0 aliphatic carbocycles. The zero-order valence-corrected chi connectivity index (χ0v) is 7.80. The van der Waals surface area contributed by atoms with Crippen LogP contribution in [0.1, 0.15) is 11.4 Å². The van der Waals surface area contributed by atoms with E-state index < -0.39 is 19.1 Å². The van der Waals surface area contributed by atoms with E-state index in [2.05, 4.69) is 4.98 Å². The first-order valence-corrected chi connectivity index (χ1v) is 4.06. The summed E-state index contributed by atoms with van der Waals surface area (Å²) in [6, 6.07) is 1.45. The first kappa shape index (κ1) is 10.8. The maximum Gasteiger partial charge on any atom is 0.497 e. The fraction of sp³-hybridized carbons (Fsp3) is 0.429. The molecule has 0 saturated carbocycles. The van der Waals surface area contributed by atoms with Crippen LogP contribution in [0.5, 0.6) is 0 Å². The molecule has 3 nitrogen and oxygen atoms in total. The molecule has 0 spiro atoms. The zero-order valence-electron chi connectivity index (χ0n) is 7.80. The van der Waals surface area contributed by atoms with E-state index in [1.807, 2.05) is 0 Å². The lowest BCUT2D eigenvalue weighted by atomic mass is 9.92. The molecule has 1 aromatic heterocycles. The summed E-state index contributed by atoms with van der Waals surface area (Å²) in [6.45, 7) is -1.99. The van der Waals surface area contributed by atoms with Crippen molar-refractivity contribution in [3.05, 3.63) is 27.9 Å². The van der Waals surface area contributed by atoms with Gasteiger partial charge in [0.15, 0.2) is 0 Å². The van der Waals surface area contributed by atoms with Gasteiger partial charge in [0.25, 0.3) is 0 Å². The molecule has 0 fully saturated rings. The van der Waals surface area contributed by atoms with Crippen molar-refractivity contribution in [2.75, 3.05) is 0 Å². The molecular weight excluding hydrogens is 196 g/mol. The predicted octanol–water partition coefficient (Wildman–Crippen LogP) is 1.25. The van der Waals surface area contributed by atoms with E-state index in [4.69, 9.17) is 0 Å². The van der Waals surface area contributed by atoms with E-state index >= 15 is 0 Å². The Morgan fingerprint density at radius 3 is 2.43 bits per heavy atom. The quantitative estimate of drug-likeness (QED) is 0.680. The highest BCUT2D eigenvalue weighted by Crippen LogP contribution is 2.11. The molecule has 0 atom stereocenters. The van der Waals surface area contributed by atoms with Crippen LogP contribution in [0.2, 0.25) is 0 Å². The Hall–Kier alpha value is -1.27. The van der Waals surface area contributed by atoms with Gasteiger partial charge in [-0.3, -0.25) is 0 Å². The number of rotatable bonds is 2. The van der Waals surface area contributed by atoms with Gasteiger partial charge in [0.05, 0.1) is 0 Å². The van der Waals surface area contributed by atoms with E-state index in [0.717, 1.165) is 0 Å². The highest BCUT2D eigenvalue weighted by molar-refractivity contribution is 6.57. The van der Waals surface area contributed by atoms with Crippen molar-refractivity contribution >= 4 is 6.98 Å². The van der Waals surface area contributed by atoms with Gasteiger partial charge in [-0.2, -0.15) is 4.98 Å². The van der Waals surface area contributed by atoms with Gasteiger partial charge >= 0.3 is 12.7 Å². The maximum atomic E-state index is 12.1. The Kier molecular flexibility index (Phi) is 2.68. The van der Waals surface area contributed by atoms with Gasteiger partial charge in [-0.1, -0.05) is 0 Å². The summed E-state index contributed by atoms with van der Waals surface area (Å²) < 4.78 is 36.9. The molecule has 0 bridgehead atoms. The minimum atomic E-state index is -5.01. The third-order valence-corrected chi connectivity index (χ3v) is 1.74. The van der Waals surface area contributed by atoms with Gasteiger partial charge in [0, 0.05) is 11.4 Å². The Morgan fingerprint density at radius 2 is 2.00 bits per heavy atom. The van der Waals surface area contributed by atoms with Crippen LogP contribution in [0.3, 0.4) is 0 Å². The molecule has 0 aliphatic rings. The highest BCUT2D eigenvalue weighted by atomic mass is 19.4. The van der Waals surface area contributed by atoms with Crippen molar-refractivity contribution in [2.45, 2.75) is 20.3 Å². The van der Waals surface area contributed by atoms with E-state index in [-0.39, 0.29) is 5.69 Å². The molecule has 0 aliphatic heterocycles. The van der Waals surface area contributed by atoms with Gasteiger partial charge in [0.1, 0.15) is 0 Å². The second-order valence-corrected chi connectivity index (χ2v) is 3.14. The van der Waals surface area contributed by atoms with Gasteiger partial charge < -0.3 is 17.5 Å². The SMILES string of the molecule is Cc1cc(C)n(C[B-](F)(F)F)c(=O)n1. The molecule has 1 rings (SSSR count). The molecule has 7 heteroatoms. The van der Waals surface area contributed by atoms with Crippen molar-refractivity contribution in [1.82, 2.24) is 9.55 Å². The number of hydrogen-bond donors (Lipinski definition) is 0. The molecule has 0 aromatic carbocycles. The second-order valence-electron chi connectivity index (χ2n) is 3.14. The summed E-state index contributed by atoms with van der Waals surface area (Å²) in [5, 5.41) is 0. The minimum Gasteiger partial charge on any atom is -0.448 e. The summed E-state index contributed by atoms with van der Waals surface area (Å²) in [4.78, 5) is 14.5. The predicted molar refractivity (Wildman–Crippen MR) is 47.0 cm³/mol. The number of aryl methyl sites for hydroxylation is 2. The molecule has 0 amide bonds. The van der Waals surface area contributed by atoms with Gasteiger partial charge in [0.2, 0.25) is 0 Å². The fourth-order valence-electron chi connectivity index (χ4n) is 1.20. The van der Waals surface area contributed by atoms with Gasteiger partial charge in [-0.15, -0.1) is 0 Å². The standard InChI is InChI=1S/C7H9BF3N2O/c1-5-3-6(2)13(7(14)12-5)4-8(9,10)11/h3H,4H2,1-2H3/q-1. The van der Waals surface area contributed by atoms with Crippen molar-refractivity contribution in [3.63, 3.8) is 0 Å². The lowest BCUT2D eigenvalue weighted by Crippen LogP contribution is -2.34. The molecular formula is C7H9BF3N2O-. The molecule has 78 valence electrons. The Balaban J connectivity index is 3.16. The maximum absolute atomic E-state index is 12.1. The molecule has 14 heavy (non-hydrogen) atoms. The van der Waals surface area contributed by atoms with Gasteiger partial charge in [-0.05, 0) is 26.4 Å². The first-order valence-electron chi connectivity index (χ1n) is 4.06. The van der Waals surface area contributed by atoms with Crippen LogP contribution < -0.4 is 5.69 Å². The lowest BCUT2D eigenvalue weighted by molar-refractivity contribution is 0.438. The number of halogens is 3. The van der Waals surface area contributed by atoms with Crippen LogP contribution in [-0.2, 0) is 6.44 Å². The van der Waals surface area contributed by atoms with Crippen molar-refractivity contribution < 1.29 is 12.9 Å². The van der Waals surface area contributed by atoms with Crippen LogP contribution >= 0.6 is 0 Å². The van der Waals surface area contributed by atoms with E-state index in [9.17, 15) is 17.7 Å². The van der Waals surface area contributed by atoms with Crippen molar-refractivity contribution in [1.29, 1.82) is 0 Å². The molecule has 0 saturated heterocycles. The first-order chi connectivity index (χ1) is 6.29. The van der Waals surface area contributed by atoms with Crippen LogP contribution in [0.25, 0.3) is 0 Å². The summed E-state index contributed by atoms with van der Waals surface area (Å²) in [5.74, 6) is 0. The van der Waals surface area contributed by atoms with Crippen LogP contribution in [0.4, 0.5) is 12.9 Å². The molecule has 0 unspecified atom stereocenters. The van der Waals surface area contributed by atoms with Crippen molar-refractivity contribution in [2.24, 2.45) is 0 Å². The topological polar surface area (TPSA) is 34.9 Å². The monoisotopic (exact) mass is 205 g/mol. The summed E-state index contributed by atoms with van der Waals surface area (Å²) in [5.41, 5.74) is -0.137. The van der Waals surface area contributed by atoms with E-state index in [1.54, 1.807) is 6.92 Å². The molecule has 0 N–H and O–H groups in total. The normalized spacial score (nSPS) is 11.8. The second kappa shape index (κ2) is 3.47. The Morgan fingerprint density at radius 1 is 1.43 bits per heavy atom. The minimum absolute atomic E-state index is 0.279. The number of nitrogens with zero attached hydrogens (tertiary/aromatic N) is 2. The summed E-state index contributed by atoms with van der Waals surface area (Å²) in [7, 11) is 0. The van der Waals surface area contributed by atoms with E-state index in [0.29, 0.717) is 10.3 Å². The molecule has 1 heterocycles. The van der Waals surface area contributed by atoms with Crippen LogP contribution in [-0.4, -0.2) is 16.5 Å². The third kappa shape index (κ3) is 2.61. The largest absolute Gasteiger partial charge is 0.497 e. The summed E-state index contributed by atoms with van der Waals surface area (Å²) >= 11 is 0. The number of aromatic nitrogens is 2. The zero-order chi connectivity index (χ0) is 10.9. The van der Waals surface area contributed by atoms with Crippen LogP contribution in [0.15, 0.2) is 10.9 Å². The number of hydrogen-bond acceptors (Lipinski definition) is 2. The smallest absolute Gasteiger partial charge is 0.448 e. The third-order valence-electron chi connectivity index (χ3n) is 1.74. The fourth-order valence-corrected chi connectivity index (χ4v) is 1.20. The van der Waals surface area contributed by atoms with Crippen molar-refractivity contribution in [3.8, 4) is 0 Å². The molecule has 0 radical (unpaired) electrons. The average molecular weight is 205 g/mol. The van der Waals surface area contributed by atoms with Gasteiger partial charge in [-0.25, -0.2) is 4.79 Å². The highest BCUT2D eigenvalue weighted by Gasteiger charge is 2.25. The van der Waals surface area contributed by atoms with E-state index in [1.165, 1.54) is 13.0 Å². The average Bonchev–Trinajstić information content (AvgIpc) is 1.95. The molecule has 1 aromatic rings. The Bertz CT molecular complexity index is 399. The Labute approximate surface area is 78.6 Å². The summed E-state index contributed by atoms with van der Waals surface area (Å²) in [6.07, 6.45) is -1.22.